The molecule has 1 saturated heterocycles. The molecule has 0 radical (unpaired) electrons. The number of anilines is 1. The van der Waals surface area contributed by atoms with Crippen molar-refractivity contribution in [2.45, 2.75) is 57.5 Å². The first-order valence-electron chi connectivity index (χ1n) is 13.5. The highest BCUT2D eigenvalue weighted by molar-refractivity contribution is 6.06. The maximum absolute atomic E-state index is 11.9. The summed E-state index contributed by atoms with van der Waals surface area (Å²) in [4.78, 5) is 14.4. The normalized spacial score (nSPS) is 18.8. The predicted molar refractivity (Wildman–Crippen MR) is 143 cm³/mol. The molecule has 1 aliphatic carbocycles. The van der Waals surface area contributed by atoms with Crippen LogP contribution in [-0.2, 0) is 17.8 Å². The van der Waals surface area contributed by atoms with E-state index in [0.29, 0.717) is 11.5 Å². The Morgan fingerprint density at radius 2 is 1.75 bits per heavy atom. The van der Waals surface area contributed by atoms with Crippen LogP contribution >= 0.6 is 0 Å². The summed E-state index contributed by atoms with van der Waals surface area (Å²) in [5, 5.41) is 12.3. The first kappa shape index (κ1) is 22.0. The van der Waals surface area contributed by atoms with Gasteiger partial charge < -0.3 is 23.9 Å². The number of benzene rings is 2. The molecule has 0 amide bonds. The molecule has 6 nitrogen and oxygen atoms in total. The summed E-state index contributed by atoms with van der Waals surface area (Å²) in [7, 11) is 0. The first-order chi connectivity index (χ1) is 17.7. The minimum absolute atomic E-state index is 0.372. The SMILES string of the molecule is O=C(O)c1ccc2c(C3CCCCC3)c3n(c2c1)CCCn1cc(N2CCOCC2)c2cccc-3c21. The fraction of sp³-hybridized carbons (Fsp3) is 0.433. The highest BCUT2D eigenvalue weighted by Crippen LogP contribution is 2.47. The van der Waals surface area contributed by atoms with Gasteiger partial charge in [-0.15, -0.1) is 0 Å². The van der Waals surface area contributed by atoms with Gasteiger partial charge in [0.1, 0.15) is 0 Å². The standard InChI is InChI=1S/C30H33N3O3/c34-30(35)21-10-11-22-25(18-21)33-13-5-12-32-19-26(31-14-16-36-17-15-31)23-8-4-9-24(28(23)32)29(33)27(22)20-6-2-1-3-7-20/h4,8-11,18-20H,1-3,5-7,12-17H2,(H,34,35). The lowest BCUT2D eigenvalue weighted by Gasteiger charge is -2.28. The van der Waals surface area contributed by atoms with E-state index in [2.05, 4.69) is 44.5 Å². The van der Waals surface area contributed by atoms with Crippen LogP contribution < -0.4 is 4.90 Å². The number of ether oxygens (including phenoxy) is 1. The van der Waals surface area contributed by atoms with Crippen LogP contribution in [0.3, 0.4) is 0 Å². The number of hydrogen-bond donors (Lipinski definition) is 1. The van der Waals surface area contributed by atoms with Crippen LogP contribution in [-0.4, -0.2) is 46.5 Å². The van der Waals surface area contributed by atoms with Gasteiger partial charge in [0.15, 0.2) is 0 Å². The summed E-state index contributed by atoms with van der Waals surface area (Å²) in [5.41, 5.74) is 8.13. The summed E-state index contributed by atoms with van der Waals surface area (Å²) in [6.07, 6.45) is 9.65. The number of para-hydroxylation sites is 1. The number of rotatable bonds is 3. The molecule has 0 atom stereocenters. The molecule has 0 unspecified atom stereocenters. The van der Waals surface area contributed by atoms with Crippen molar-refractivity contribution in [1.82, 2.24) is 9.13 Å². The first-order valence-corrected chi connectivity index (χ1v) is 13.5. The van der Waals surface area contributed by atoms with Crippen LogP contribution in [0.5, 0.6) is 0 Å². The Hall–Kier alpha value is -3.25. The van der Waals surface area contributed by atoms with E-state index in [1.807, 2.05) is 6.07 Å². The van der Waals surface area contributed by atoms with Crippen LogP contribution in [0.25, 0.3) is 33.1 Å². The molecular weight excluding hydrogens is 450 g/mol. The second-order valence-electron chi connectivity index (χ2n) is 10.6. The summed E-state index contributed by atoms with van der Waals surface area (Å²) in [5.74, 6) is -0.339. The molecule has 2 fully saturated rings. The monoisotopic (exact) mass is 483 g/mol. The van der Waals surface area contributed by atoms with Gasteiger partial charge in [-0.2, -0.15) is 0 Å². The summed E-state index contributed by atoms with van der Waals surface area (Å²) in [6, 6.07) is 12.6. The number of hydrogen-bond acceptors (Lipinski definition) is 3. The molecule has 4 aromatic rings. The van der Waals surface area contributed by atoms with Crippen molar-refractivity contribution in [3.8, 4) is 11.3 Å². The number of fused-ring (bicyclic) bond motifs is 4. The lowest BCUT2D eigenvalue weighted by molar-refractivity contribution is 0.0697. The third-order valence-electron chi connectivity index (χ3n) is 8.63. The van der Waals surface area contributed by atoms with E-state index >= 15 is 0 Å². The number of nitrogens with zero attached hydrogens (tertiary/aromatic N) is 3. The second-order valence-corrected chi connectivity index (χ2v) is 10.6. The van der Waals surface area contributed by atoms with Crippen molar-refractivity contribution < 1.29 is 14.6 Å². The molecule has 0 spiro atoms. The van der Waals surface area contributed by atoms with Gasteiger partial charge in [-0.05, 0) is 42.9 Å². The van der Waals surface area contributed by atoms with Gasteiger partial charge in [0.05, 0.1) is 35.7 Å². The summed E-state index contributed by atoms with van der Waals surface area (Å²) in [6.45, 7) is 5.25. The van der Waals surface area contributed by atoms with E-state index < -0.39 is 5.97 Å². The van der Waals surface area contributed by atoms with Crippen LogP contribution in [0.2, 0.25) is 0 Å². The summed E-state index contributed by atoms with van der Waals surface area (Å²) >= 11 is 0. The van der Waals surface area contributed by atoms with Crippen molar-refractivity contribution >= 4 is 33.5 Å². The molecule has 2 aromatic carbocycles. The average Bonchev–Trinajstić information content (AvgIpc) is 3.44. The zero-order valence-electron chi connectivity index (χ0n) is 20.7. The van der Waals surface area contributed by atoms with Crippen molar-refractivity contribution in [3.63, 3.8) is 0 Å². The lowest BCUT2D eigenvalue weighted by Crippen LogP contribution is -2.36. The Morgan fingerprint density at radius 1 is 0.917 bits per heavy atom. The van der Waals surface area contributed by atoms with Crippen LogP contribution in [0.4, 0.5) is 5.69 Å². The number of carboxylic acids is 1. The molecule has 2 aliphatic heterocycles. The molecule has 0 bridgehead atoms. The molecule has 1 saturated carbocycles. The molecule has 2 aromatic heterocycles. The molecular formula is C30H33N3O3. The molecule has 6 heteroatoms. The van der Waals surface area contributed by atoms with E-state index in [9.17, 15) is 9.90 Å². The highest BCUT2D eigenvalue weighted by atomic mass is 16.5. The van der Waals surface area contributed by atoms with Crippen LogP contribution in [0.15, 0.2) is 42.6 Å². The topological polar surface area (TPSA) is 59.6 Å². The number of morpholine rings is 1. The average molecular weight is 484 g/mol. The second kappa shape index (κ2) is 8.70. The Labute approximate surface area is 211 Å². The number of carbonyl (C=O) groups is 1. The minimum atomic E-state index is -0.858. The Morgan fingerprint density at radius 3 is 2.56 bits per heavy atom. The van der Waals surface area contributed by atoms with Crippen LogP contribution in [0, 0.1) is 0 Å². The van der Waals surface area contributed by atoms with Crippen molar-refractivity contribution in [1.29, 1.82) is 0 Å². The van der Waals surface area contributed by atoms with Gasteiger partial charge in [0.2, 0.25) is 0 Å². The van der Waals surface area contributed by atoms with Gasteiger partial charge >= 0.3 is 5.97 Å². The van der Waals surface area contributed by atoms with Gasteiger partial charge in [-0.1, -0.05) is 43.5 Å². The Balaban J connectivity index is 1.52. The molecule has 36 heavy (non-hydrogen) atoms. The van der Waals surface area contributed by atoms with Gasteiger partial charge in [0.25, 0.3) is 0 Å². The van der Waals surface area contributed by atoms with Gasteiger partial charge in [-0.25, -0.2) is 4.79 Å². The molecule has 186 valence electrons. The molecule has 3 aliphatic rings. The third kappa shape index (κ3) is 3.38. The smallest absolute Gasteiger partial charge is 0.335 e. The van der Waals surface area contributed by atoms with Gasteiger partial charge in [0, 0.05) is 54.2 Å². The van der Waals surface area contributed by atoms with Crippen molar-refractivity contribution in [3.05, 3.63) is 53.7 Å². The predicted octanol–water partition coefficient (Wildman–Crippen LogP) is 6.25. The van der Waals surface area contributed by atoms with Crippen LogP contribution in [0.1, 0.15) is 60.4 Å². The fourth-order valence-electron chi connectivity index (χ4n) is 7.00. The number of carboxylic acid groups (broad SMARTS) is 1. The van der Waals surface area contributed by atoms with E-state index in [1.54, 1.807) is 6.07 Å². The zero-order valence-corrected chi connectivity index (χ0v) is 20.7. The number of aryl methyl sites for hydroxylation is 2. The minimum Gasteiger partial charge on any atom is -0.478 e. The molecule has 7 rings (SSSR count). The van der Waals surface area contributed by atoms with Gasteiger partial charge in [-0.3, -0.25) is 0 Å². The third-order valence-corrected chi connectivity index (χ3v) is 8.63. The largest absolute Gasteiger partial charge is 0.478 e. The zero-order chi connectivity index (χ0) is 24.2. The Bertz CT molecular complexity index is 1470. The molecule has 1 N–H and O–H groups in total. The number of aromatic nitrogens is 2. The Kier molecular flexibility index (Phi) is 5.31. The summed E-state index contributed by atoms with van der Waals surface area (Å²) < 4.78 is 10.6. The maximum Gasteiger partial charge on any atom is 0.335 e. The quantitative estimate of drug-likeness (QED) is 0.374. The highest BCUT2D eigenvalue weighted by Gasteiger charge is 2.30. The lowest BCUT2D eigenvalue weighted by atomic mass is 9.81. The van der Waals surface area contributed by atoms with E-state index in [4.69, 9.17) is 4.74 Å². The van der Waals surface area contributed by atoms with E-state index in [1.165, 1.54) is 70.9 Å². The number of aromatic carboxylic acids is 1. The fourth-order valence-corrected chi connectivity index (χ4v) is 7.00. The van der Waals surface area contributed by atoms with Crippen molar-refractivity contribution in [2.75, 3.05) is 31.2 Å². The van der Waals surface area contributed by atoms with E-state index in [-0.39, 0.29) is 0 Å². The molecule has 4 heterocycles. The van der Waals surface area contributed by atoms with E-state index in [0.717, 1.165) is 51.3 Å². The maximum atomic E-state index is 11.9. The van der Waals surface area contributed by atoms with Crippen molar-refractivity contribution in [2.24, 2.45) is 0 Å².